The molecule has 286 valence electrons. The maximum absolute atomic E-state index is 13.8. The number of allylic oxidation sites excluding steroid dienone is 1. The Bertz CT molecular complexity index is 1190. The van der Waals surface area contributed by atoms with Gasteiger partial charge in [0.1, 0.15) is 5.78 Å². The average molecular weight is 693 g/mol. The van der Waals surface area contributed by atoms with E-state index >= 15 is 0 Å². The van der Waals surface area contributed by atoms with Gasteiger partial charge >= 0.3 is 5.97 Å². The van der Waals surface area contributed by atoms with E-state index in [4.69, 9.17) is 4.74 Å². The van der Waals surface area contributed by atoms with Crippen LogP contribution in [0.25, 0.3) is 0 Å². The molecule has 5 saturated carbocycles. The summed E-state index contributed by atoms with van der Waals surface area (Å²) in [5.41, 5.74) is 1.92. The highest BCUT2D eigenvalue weighted by Crippen LogP contribution is 2.78. The van der Waals surface area contributed by atoms with Gasteiger partial charge in [-0.1, -0.05) is 131 Å². The third-order valence-corrected chi connectivity index (χ3v) is 17.7. The van der Waals surface area contributed by atoms with Gasteiger partial charge in [-0.15, -0.1) is 0 Å². The van der Waals surface area contributed by atoms with Crippen LogP contribution in [0.15, 0.2) is 12.2 Å². The molecule has 0 heterocycles. The summed E-state index contributed by atoms with van der Waals surface area (Å²) in [4.78, 5) is 27.6. The minimum Gasteiger partial charge on any atom is -0.465 e. The normalized spacial score (nSPS) is 42.2. The summed E-state index contributed by atoms with van der Waals surface area (Å²) in [7, 11) is 0. The largest absolute Gasteiger partial charge is 0.465 e. The molecule has 3 nitrogen and oxygen atoms in total. The highest BCUT2D eigenvalue weighted by molar-refractivity contribution is 5.89. The second-order valence-corrected chi connectivity index (χ2v) is 20.2. The smallest absolute Gasteiger partial charge is 0.309 e. The van der Waals surface area contributed by atoms with Crippen molar-refractivity contribution in [3.63, 3.8) is 0 Å². The fourth-order valence-electron chi connectivity index (χ4n) is 14.4. The molecule has 0 amide bonds. The van der Waals surface area contributed by atoms with E-state index in [0.717, 1.165) is 43.9 Å². The molecular formula is C47H80O3. The van der Waals surface area contributed by atoms with Crippen molar-refractivity contribution >= 4 is 11.8 Å². The number of rotatable bonds is 17. The summed E-state index contributed by atoms with van der Waals surface area (Å²) < 4.78 is 6.03. The van der Waals surface area contributed by atoms with Gasteiger partial charge in [0, 0.05) is 5.41 Å². The van der Waals surface area contributed by atoms with Crippen molar-refractivity contribution < 1.29 is 14.3 Å². The lowest BCUT2D eigenvalue weighted by atomic mass is 9.31. The standard InChI is InChI=1S/C47H80O3/c1-10-11-12-13-14-15-16-17-18-19-20-21-22-33-50-42(49)38-26-29-44(6)39-24-23-37-41-36(34(2)3)25-28-43(41,5)31-32-45(37,7)46(39,8)30-27-40(44)47(38,9)35(4)48/h36-41H,2,10-33H2,1,3-9H3/t36?,37?,38-,39?,40?,41?,43-,44-,45-,46-,47+/m1/s1. The van der Waals surface area contributed by atoms with Crippen LogP contribution < -0.4 is 0 Å². The zero-order chi connectivity index (χ0) is 36.4. The van der Waals surface area contributed by atoms with E-state index in [1.54, 1.807) is 6.92 Å². The van der Waals surface area contributed by atoms with Gasteiger partial charge in [0.05, 0.1) is 12.5 Å². The zero-order valence-electron chi connectivity index (χ0n) is 34.4. The maximum atomic E-state index is 13.8. The van der Waals surface area contributed by atoms with Gasteiger partial charge in [0.15, 0.2) is 0 Å². The monoisotopic (exact) mass is 693 g/mol. The van der Waals surface area contributed by atoms with E-state index in [9.17, 15) is 9.59 Å². The van der Waals surface area contributed by atoms with Crippen molar-refractivity contribution in [3.8, 4) is 0 Å². The van der Waals surface area contributed by atoms with Gasteiger partial charge in [-0.25, -0.2) is 0 Å². The predicted molar refractivity (Wildman–Crippen MR) is 210 cm³/mol. The SMILES string of the molecule is C=C(C)C1CC[C@]2(C)CC[C@]3(C)C(CCC4[C@@]5(C)CC[C@H](C(=O)OCCCCCCCCCCCCCCC)[C@](C)(C(C)=O)C5CC[C@]43C)C12. The number of fused-ring (bicyclic) bond motifs is 7. The van der Waals surface area contributed by atoms with E-state index in [0.29, 0.717) is 29.3 Å². The first-order chi connectivity index (χ1) is 23.7. The molecule has 0 spiro atoms. The van der Waals surface area contributed by atoms with Crippen LogP contribution in [0, 0.1) is 62.6 Å². The minimum atomic E-state index is -0.638. The van der Waals surface area contributed by atoms with Crippen molar-refractivity contribution in [3.05, 3.63) is 12.2 Å². The van der Waals surface area contributed by atoms with Gasteiger partial charge in [0.2, 0.25) is 0 Å². The molecule has 0 aromatic heterocycles. The molecule has 5 fully saturated rings. The lowest BCUT2D eigenvalue weighted by Crippen LogP contribution is -2.67. The molecule has 5 aliphatic carbocycles. The number of carbonyl (C=O) groups is 2. The van der Waals surface area contributed by atoms with Crippen molar-refractivity contribution in [2.45, 2.75) is 203 Å². The van der Waals surface area contributed by atoms with Crippen LogP contribution >= 0.6 is 0 Å². The molecule has 5 unspecified atom stereocenters. The summed E-state index contributed by atoms with van der Waals surface area (Å²) in [5, 5.41) is 0. The van der Waals surface area contributed by atoms with Crippen LogP contribution in [-0.4, -0.2) is 18.4 Å². The Hall–Kier alpha value is -1.12. The van der Waals surface area contributed by atoms with E-state index < -0.39 is 5.41 Å². The third-order valence-electron chi connectivity index (χ3n) is 17.7. The first kappa shape index (κ1) is 40.1. The molecule has 0 bridgehead atoms. The Morgan fingerprint density at radius 2 is 1.24 bits per heavy atom. The number of Topliss-reactive ketones (excluding diaryl/α,β-unsaturated/α-hetero) is 1. The molecule has 5 rings (SSSR count). The molecule has 0 aromatic rings. The van der Waals surface area contributed by atoms with Gasteiger partial charge in [-0.2, -0.15) is 0 Å². The van der Waals surface area contributed by atoms with Crippen LogP contribution in [-0.2, 0) is 14.3 Å². The molecule has 50 heavy (non-hydrogen) atoms. The summed E-state index contributed by atoms with van der Waals surface area (Å²) >= 11 is 0. The van der Waals surface area contributed by atoms with E-state index in [2.05, 4.69) is 55.0 Å². The molecule has 11 atom stereocenters. The van der Waals surface area contributed by atoms with Gasteiger partial charge in [-0.05, 0) is 136 Å². The summed E-state index contributed by atoms with van der Waals surface area (Å²) in [6, 6.07) is 0. The predicted octanol–water partition coefficient (Wildman–Crippen LogP) is 13.5. The lowest BCUT2D eigenvalue weighted by Gasteiger charge is -2.73. The highest BCUT2D eigenvalue weighted by Gasteiger charge is 2.71. The number of ketones is 1. The molecule has 5 aliphatic rings. The number of esters is 1. The quantitative estimate of drug-likeness (QED) is 0.0866. The summed E-state index contributed by atoms with van der Waals surface area (Å²) in [5.74, 6) is 2.88. The Morgan fingerprint density at radius 3 is 1.82 bits per heavy atom. The zero-order valence-corrected chi connectivity index (χ0v) is 34.4. The Kier molecular flexibility index (Phi) is 12.9. The third kappa shape index (κ3) is 7.10. The Morgan fingerprint density at radius 1 is 0.640 bits per heavy atom. The fourth-order valence-corrected chi connectivity index (χ4v) is 14.4. The molecule has 0 N–H and O–H groups in total. The summed E-state index contributed by atoms with van der Waals surface area (Å²) in [6.07, 6.45) is 29.1. The summed E-state index contributed by atoms with van der Waals surface area (Å²) in [6.45, 7) is 24.1. The fraction of sp³-hybridized carbons (Fsp3) is 0.915. The highest BCUT2D eigenvalue weighted by atomic mass is 16.5. The second-order valence-electron chi connectivity index (χ2n) is 20.2. The topological polar surface area (TPSA) is 43.4 Å². The number of ether oxygens (including phenoxy) is 1. The number of hydrogen-bond donors (Lipinski definition) is 0. The van der Waals surface area contributed by atoms with Crippen molar-refractivity contribution in [2.75, 3.05) is 6.61 Å². The molecule has 0 aromatic carbocycles. The van der Waals surface area contributed by atoms with Crippen LogP contribution in [0.1, 0.15) is 203 Å². The number of unbranched alkanes of at least 4 members (excludes halogenated alkanes) is 12. The first-order valence-electron chi connectivity index (χ1n) is 22.0. The van der Waals surface area contributed by atoms with E-state index in [-0.39, 0.29) is 34.4 Å². The minimum absolute atomic E-state index is 0.0808. The Balaban J connectivity index is 1.16. The van der Waals surface area contributed by atoms with Crippen LogP contribution in [0.2, 0.25) is 0 Å². The molecule has 0 saturated heterocycles. The molecular weight excluding hydrogens is 613 g/mol. The molecule has 3 heteroatoms. The van der Waals surface area contributed by atoms with Crippen molar-refractivity contribution in [1.82, 2.24) is 0 Å². The maximum Gasteiger partial charge on any atom is 0.309 e. The van der Waals surface area contributed by atoms with Crippen LogP contribution in [0.3, 0.4) is 0 Å². The van der Waals surface area contributed by atoms with Crippen LogP contribution in [0.4, 0.5) is 0 Å². The van der Waals surface area contributed by atoms with Gasteiger partial charge < -0.3 is 4.74 Å². The number of hydrogen-bond acceptors (Lipinski definition) is 3. The van der Waals surface area contributed by atoms with Crippen molar-refractivity contribution in [2.24, 2.45) is 62.6 Å². The van der Waals surface area contributed by atoms with Gasteiger partial charge in [-0.3, -0.25) is 9.59 Å². The van der Waals surface area contributed by atoms with E-state index in [1.165, 1.54) is 121 Å². The second kappa shape index (κ2) is 16.1. The Labute approximate surface area is 309 Å². The average Bonchev–Trinajstić information content (AvgIpc) is 3.43. The van der Waals surface area contributed by atoms with E-state index in [1.807, 2.05) is 0 Å². The first-order valence-corrected chi connectivity index (χ1v) is 22.0. The lowest BCUT2D eigenvalue weighted by molar-refractivity contribution is -0.242. The van der Waals surface area contributed by atoms with Crippen LogP contribution in [0.5, 0.6) is 0 Å². The van der Waals surface area contributed by atoms with Gasteiger partial charge in [0.25, 0.3) is 0 Å². The molecule has 0 radical (unpaired) electrons. The van der Waals surface area contributed by atoms with Crippen molar-refractivity contribution in [1.29, 1.82) is 0 Å². The molecule has 0 aliphatic heterocycles. The number of carbonyl (C=O) groups excluding carboxylic acids is 2.